The van der Waals surface area contributed by atoms with Gasteiger partial charge in [-0.15, -0.1) is 0 Å². The molecule has 0 saturated heterocycles. The van der Waals surface area contributed by atoms with Gasteiger partial charge in [-0.25, -0.2) is 0 Å². The van der Waals surface area contributed by atoms with E-state index in [9.17, 15) is 0 Å². The van der Waals surface area contributed by atoms with Crippen LogP contribution in [0.3, 0.4) is 0 Å². The highest BCUT2D eigenvalue weighted by Gasteiger charge is 2.32. The van der Waals surface area contributed by atoms with Crippen molar-refractivity contribution in [2.24, 2.45) is 5.73 Å². The molecule has 0 heterocycles. The maximum atomic E-state index is 6.08. The monoisotopic (exact) mass is 241 g/mol. The van der Waals surface area contributed by atoms with Gasteiger partial charge in [0.15, 0.2) is 0 Å². The van der Waals surface area contributed by atoms with Crippen molar-refractivity contribution in [1.82, 2.24) is 0 Å². The summed E-state index contributed by atoms with van der Waals surface area (Å²) in [4.78, 5) is 0. The molecule has 2 aromatic carbocycles. The topological polar surface area (TPSA) is 35.2 Å². The number of rotatable bonds is 5. The first-order valence-electron chi connectivity index (χ1n) is 6.13. The van der Waals surface area contributed by atoms with E-state index in [1.54, 1.807) is 7.11 Å². The van der Waals surface area contributed by atoms with E-state index in [0.29, 0.717) is 13.2 Å². The van der Waals surface area contributed by atoms with Crippen LogP contribution in [0.15, 0.2) is 60.7 Å². The third-order valence-corrected chi connectivity index (χ3v) is 3.39. The molecule has 94 valence electrons. The molecule has 0 aliphatic heterocycles. The van der Waals surface area contributed by atoms with E-state index in [4.69, 9.17) is 10.5 Å². The largest absolute Gasteiger partial charge is 0.383 e. The first-order valence-corrected chi connectivity index (χ1v) is 6.13. The van der Waals surface area contributed by atoms with Crippen molar-refractivity contribution < 1.29 is 4.74 Å². The van der Waals surface area contributed by atoms with Crippen LogP contribution in [0, 0.1) is 0 Å². The number of methoxy groups -OCH3 is 1. The SMILES string of the molecule is COCC(CN)(c1ccccc1)c1ccccc1. The second-order valence-corrected chi connectivity index (χ2v) is 4.45. The molecule has 0 bridgehead atoms. The number of hydrogen-bond acceptors (Lipinski definition) is 2. The predicted molar refractivity (Wildman–Crippen MR) is 74.6 cm³/mol. The van der Waals surface area contributed by atoms with Gasteiger partial charge in [-0.1, -0.05) is 60.7 Å². The third-order valence-electron chi connectivity index (χ3n) is 3.39. The van der Waals surface area contributed by atoms with Crippen molar-refractivity contribution in [2.45, 2.75) is 5.41 Å². The Hall–Kier alpha value is -1.64. The zero-order valence-corrected chi connectivity index (χ0v) is 10.7. The van der Waals surface area contributed by atoms with Crippen LogP contribution < -0.4 is 5.73 Å². The molecule has 18 heavy (non-hydrogen) atoms. The molecule has 2 N–H and O–H groups in total. The van der Waals surface area contributed by atoms with Gasteiger partial charge in [0.25, 0.3) is 0 Å². The summed E-state index contributed by atoms with van der Waals surface area (Å²) < 4.78 is 5.43. The van der Waals surface area contributed by atoms with Crippen LogP contribution in [0.5, 0.6) is 0 Å². The maximum absolute atomic E-state index is 6.08. The second-order valence-electron chi connectivity index (χ2n) is 4.45. The van der Waals surface area contributed by atoms with Crippen LogP contribution >= 0.6 is 0 Å². The fourth-order valence-electron chi connectivity index (χ4n) is 2.39. The first kappa shape index (κ1) is 12.8. The number of benzene rings is 2. The van der Waals surface area contributed by atoms with E-state index in [-0.39, 0.29) is 5.41 Å². The number of hydrogen-bond donors (Lipinski definition) is 1. The molecule has 0 atom stereocenters. The Kier molecular flexibility index (Phi) is 4.13. The van der Waals surface area contributed by atoms with Crippen LogP contribution in [0.2, 0.25) is 0 Å². The normalized spacial score (nSPS) is 11.4. The van der Waals surface area contributed by atoms with Crippen LogP contribution in [0.4, 0.5) is 0 Å². The minimum absolute atomic E-state index is 0.267. The maximum Gasteiger partial charge on any atom is 0.0612 e. The molecule has 2 rings (SSSR count). The molecular formula is C16H19NO. The van der Waals surface area contributed by atoms with Crippen molar-refractivity contribution in [3.8, 4) is 0 Å². The zero-order chi connectivity index (χ0) is 12.8. The lowest BCUT2D eigenvalue weighted by Gasteiger charge is -2.33. The Balaban J connectivity index is 2.53. The Morgan fingerprint density at radius 3 is 1.67 bits per heavy atom. The van der Waals surface area contributed by atoms with Crippen molar-refractivity contribution in [1.29, 1.82) is 0 Å². The highest BCUT2D eigenvalue weighted by atomic mass is 16.5. The smallest absolute Gasteiger partial charge is 0.0612 e. The highest BCUT2D eigenvalue weighted by molar-refractivity contribution is 5.40. The quantitative estimate of drug-likeness (QED) is 0.873. The molecule has 0 saturated carbocycles. The summed E-state index contributed by atoms with van der Waals surface area (Å²) in [6.45, 7) is 1.10. The van der Waals surface area contributed by atoms with Crippen molar-refractivity contribution in [2.75, 3.05) is 20.3 Å². The van der Waals surface area contributed by atoms with Crippen molar-refractivity contribution in [3.63, 3.8) is 0 Å². The molecule has 2 aromatic rings. The van der Waals surface area contributed by atoms with Crippen LogP contribution in [0.1, 0.15) is 11.1 Å². The lowest BCUT2D eigenvalue weighted by atomic mass is 9.75. The summed E-state index contributed by atoms with van der Waals surface area (Å²) in [5.41, 5.74) is 8.20. The van der Waals surface area contributed by atoms with Gasteiger partial charge >= 0.3 is 0 Å². The van der Waals surface area contributed by atoms with Gasteiger partial charge in [-0.3, -0.25) is 0 Å². The van der Waals surface area contributed by atoms with E-state index in [0.717, 1.165) is 0 Å². The fraction of sp³-hybridized carbons (Fsp3) is 0.250. The summed E-state index contributed by atoms with van der Waals surface area (Å²) in [6.07, 6.45) is 0. The molecule has 0 fully saturated rings. The lowest BCUT2D eigenvalue weighted by Crippen LogP contribution is -2.40. The van der Waals surface area contributed by atoms with Crippen molar-refractivity contribution in [3.05, 3.63) is 71.8 Å². The second kappa shape index (κ2) is 5.80. The molecular weight excluding hydrogens is 222 g/mol. The molecule has 0 aromatic heterocycles. The zero-order valence-electron chi connectivity index (χ0n) is 10.7. The molecule has 0 unspecified atom stereocenters. The molecule has 0 aliphatic rings. The Bertz CT molecular complexity index is 427. The highest BCUT2D eigenvalue weighted by Crippen LogP contribution is 2.31. The minimum atomic E-state index is -0.267. The predicted octanol–water partition coefficient (Wildman–Crippen LogP) is 2.58. The van der Waals surface area contributed by atoms with Gasteiger partial charge in [-0.05, 0) is 11.1 Å². The van der Waals surface area contributed by atoms with Gasteiger partial charge < -0.3 is 10.5 Å². The Labute approximate surface area is 108 Å². The average Bonchev–Trinajstić information content (AvgIpc) is 2.47. The summed E-state index contributed by atoms with van der Waals surface area (Å²) in [5, 5.41) is 0. The molecule has 0 aliphatic carbocycles. The van der Waals surface area contributed by atoms with Gasteiger partial charge in [0.05, 0.1) is 12.0 Å². The number of ether oxygens (including phenoxy) is 1. The van der Waals surface area contributed by atoms with Gasteiger partial charge in [0.2, 0.25) is 0 Å². The lowest BCUT2D eigenvalue weighted by molar-refractivity contribution is 0.151. The Morgan fingerprint density at radius 2 is 1.33 bits per heavy atom. The van der Waals surface area contributed by atoms with Gasteiger partial charge in [-0.2, -0.15) is 0 Å². The molecule has 2 nitrogen and oxygen atoms in total. The Morgan fingerprint density at radius 1 is 0.889 bits per heavy atom. The van der Waals surface area contributed by atoms with E-state index in [2.05, 4.69) is 24.3 Å². The van der Waals surface area contributed by atoms with E-state index < -0.39 is 0 Å². The van der Waals surface area contributed by atoms with Crippen LogP contribution in [-0.2, 0) is 10.2 Å². The minimum Gasteiger partial charge on any atom is -0.383 e. The summed E-state index contributed by atoms with van der Waals surface area (Å²) in [6, 6.07) is 20.6. The first-order chi connectivity index (χ1) is 8.83. The molecule has 0 spiro atoms. The van der Waals surface area contributed by atoms with E-state index in [1.165, 1.54) is 11.1 Å². The van der Waals surface area contributed by atoms with E-state index in [1.807, 2.05) is 36.4 Å². The molecule has 2 heteroatoms. The van der Waals surface area contributed by atoms with Crippen molar-refractivity contribution >= 4 is 0 Å². The standard InChI is InChI=1S/C16H19NO/c1-18-13-16(12-17,14-8-4-2-5-9-14)15-10-6-3-7-11-15/h2-11H,12-13,17H2,1H3. The summed E-state index contributed by atoms with van der Waals surface area (Å²) >= 11 is 0. The van der Waals surface area contributed by atoms with Crippen LogP contribution in [-0.4, -0.2) is 20.3 Å². The fourth-order valence-corrected chi connectivity index (χ4v) is 2.39. The van der Waals surface area contributed by atoms with E-state index >= 15 is 0 Å². The summed E-state index contributed by atoms with van der Waals surface area (Å²) in [5.74, 6) is 0. The summed E-state index contributed by atoms with van der Waals surface area (Å²) in [7, 11) is 1.72. The average molecular weight is 241 g/mol. The van der Waals surface area contributed by atoms with Gasteiger partial charge in [0.1, 0.15) is 0 Å². The van der Waals surface area contributed by atoms with Gasteiger partial charge in [0, 0.05) is 13.7 Å². The third kappa shape index (κ3) is 2.30. The molecule has 0 amide bonds. The van der Waals surface area contributed by atoms with Crippen LogP contribution in [0.25, 0.3) is 0 Å². The number of nitrogens with two attached hydrogens (primary N) is 1. The molecule has 0 radical (unpaired) electrons.